The summed E-state index contributed by atoms with van der Waals surface area (Å²) in [5.74, 6) is 1.08. The molecule has 140 valence electrons. The maximum absolute atomic E-state index is 12.7. The van der Waals surface area contributed by atoms with Gasteiger partial charge in [0.15, 0.2) is 0 Å². The number of benzene rings is 3. The van der Waals surface area contributed by atoms with E-state index in [-0.39, 0.29) is 12.5 Å². The number of carbonyl (C=O) groups is 1. The number of hydrogen-bond acceptors (Lipinski definition) is 5. The topological polar surface area (TPSA) is 77.2 Å². The minimum Gasteiger partial charge on any atom is -0.496 e. The van der Waals surface area contributed by atoms with Crippen LogP contribution in [0.1, 0.15) is 21.8 Å². The van der Waals surface area contributed by atoms with Crippen LogP contribution < -0.4 is 10.1 Å². The van der Waals surface area contributed by atoms with E-state index in [0.29, 0.717) is 23.0 Å². The van der Waals surface area contributed by atoms with E-state index in [9.17, 15) is 4.79 Å². The lowest BCUT2D eigenvalue weighted by atomic mass is 10.1. The number of ether oxygens (including phenoxy) is 1. The Morgan fingerprint density at radius 3 is 2.50 bits per heavy atom. The molecule has 0 saturated heterocycles. The molecule has 6 nitrogen and oxygen atoms in total. The second-order valence-electron chi connectivity index (χ2n) is 6.46. The van der Waals surface area contributed by atoms with Crippen LogP contribution in [0.15, 0.2) is 65.2 Å². The maximum Gasteiger partial charge on any atom is 0.255 e. The van der Waals surface area contributed by atoms with E-state index in [1.165, 1.54) is 0 Å². The van der Waals surface area contributed by atoms with E-state index in [0.717, 1.165) is 21.9 Å². The Kier molecular flexibility index (Phi) is 4.76. The van der Waals surface area contributed by atoms with Gasteiger partial charge in [-0.25, -0.2) is 0 Å². The van der Waals surface area contributed by atoms with E-state index in [2.05, 4.69) is 15.5 Å². The van der Waals surface area contributed by atoms with Crippen molar-refractivity contribution in [3.63, 3.8) is 0 Å². The molecule has 6 heteroatoms. The van der Waals surface area contributed by atoms with Gasteiger partial charge < -0.3 is 14.6 Å². The molecule has 0 bridgehead atoms. The quantitative estimate of drug-likeness (QED) is 0.569. The van der Waals surface area contributed by atoms with Crippen LogP contribution in [0.25, 0.3) is 22.2 Å². The van der Waals surface area contributed by atoms with Gasteiger partial charge in [-0.05, 0) is 29.8 Å². The molecule has 0 spiro atoms. The molecule has 0 aliphatic heterocycles. The number of nitrogens with zero attached hydrogens (tertiary/aromatic N) is 2. The summed E-state index contributed by atoms with van der Waals surface area (Å²) in [4.78, 5) is 17.0. The predicted octanol–water partition coefficient (Wildman–Crippen LogP) is 4.14. The van der Waals surface area contributed by atoms with Gasteiger partial charge in [-0.3, -0.25) is 4.79 Å². The van der Waals surface area contributed by atoms with E-state index >= 15 is 0 Å². The van der Waals surface area contributed by atoms with Crippen molar-refractivity contribution < 1.29 is 14.1 Å². The molecule has 0 fully saturated rings. The van der Waals surface area contributed by atoms with Crippen molar-refractivity contribution in [3.05, 3.63) is 77.7 Å². The molecule has 0 unspecified atom stereocenters. The molecule has 28 heavy (non-hydrogen) atoms. The summed E-state index contributed by atoms with van der Waals surface area (Å²) in [7, 11) is 1.55. The fraction of sp³-hybridized carbons (Fsp3) is 0.136. The lowest BCUT2D eigenvalue weighted by Gasteiger charge is -2.10. The molecule has 1 amide bonds. The Balaban J connectivity index is 1.50. The van der Waals surface area contributed by atoms with Gasteiger partial charge in [0.05, 0.1) is 19.2 Å². The summed E-state index contributed by atoms with van der Waals surface area (Å²) in [5.41, 5.74) is 2.48. The maximum atomic E-state index is 12.7. The average molecular weight is 373 g/mol. The van der Waals surface area contributed by atoms with Crippen LogP contribution >= 0.6 is 0 Å². The molecule has 0 aliphatic rings. The Morgan fingerprint density at radius 2 is 1.79 bits per heavy atom. The van der Waals surface area contributed by atoms with Gasteiger partial charge in [0.2, 0.25) is 11.7 Å². The summed E-state index contributed by atoms with van der Waals surface area (Å²) >= 11 is 0. The number of rotatable bonds is 5. The lowest BCUT2D eigenvalue weighted by Crippen LogP contribution is -2.23. The van der Waals surface area contributed by atoms with Crippen LogP contribution in [-0.2, 0) is 6.54 Å². The summed E-state index contributed by atoms with van der Waals surface area (Å²) < 4.78 is 10.6. The molecule has 4 aromatic rings. The highest BCUT2D eigenvalue weighted by molar-refractivity contribution is 6.01. The SMILES string of the molecule is COc1cc2ccccc2cc1C(=O)NCc1nc(-c2ccc(C)cc2)no1. The van der Waals surface area contributed by atoms with Crippen LogP contribution in [0.2, 0.25) is 0 Å². The third kappa shape index (κ3) is 3.57. The largest absolute Gasteiger partial charge is 0.496 e. The van der Waals surface area contributed by atoms with Gasteiger partial charge in [-0.15, -0.1) is 0 Å². The first-order chi connectivity index (χ1) is 13.6. The summed E-state index contributed by atoms with van der Waals surface area (Å²) in [6.07, 6.45) is 0. The lowest BCUT2D eigenvalue weighted by molar-refractivity contribution is 0.0943. The highest BCUT2D eigenvalue weighted by atomic mass is 16.5. The van der Waals surface area contributed by atoms with Crippen LogP contribution in [-0.4, -0.2) is 23.2 Å². The van der Waals surface area contributed by atoms with E-state index in [1.54, 1.807) is 7.11 Å². The molecule has 1 heterocycles. The Morgan fingerprint density at radius 1 is 1.07 bits per heavy atom. The van der Waals surface area contributed by atoms with Crippen molar-refractivity contribution in [3.8, 4) is 17.1 Å². The molecule has 4 rings (SSSR count). The minimum absolute atomic E-state index is 0.133. The van der Waals surface area contributed by atoms with Crippen molar-refractivity contribution >= 4 is 16.7 Å². The number of hydrogen-bond donors (Lipinski definition) is 1. The standard InChI is InChI=1S/C22H19N3O3/c1-14-7-9-15(10-8-14)21-24-20(28-25-21)13-23-22(26)18-11-16-5-3-4-6-17(16)12-19(18)27-2/h3-12H,13H2,1-2H3,(H,23,26). The first-order valence-electron chi connectivity index (χ1n) is 8.88. The van der Waals surface area contributed by atoms with Crippen LogP contribution in [0.4, 0.5) is 0 Å². The van der Waals surface area contributed by atoms with Crippen molar-refractivity contribution in [2.75, 3.05) is 7.11 Å². The van der Waals surface area contributed by atoms with Gasteiger partial charge in [0, 0.05) is 5.56 Å². The van der Waals surface area contributed by atoms with Crippen molar-refractivity contribution in [1.29, 1.82) is 0 Å². The summed E-state index contributed by atoms with van der Waals surface area (Å²) in [6, 6.07) is 19.3. The molecule has 0 aliphatic carbocycles. The van der Waals surface area contributed by atoms with E-state index in [4.69, 9.17) is 9.26 Å². The monoisotopic (exact) mass is 373 g/mol. The van der Waals surface area contributed by atoms with Gasteiger partial charge in [0.1, 0.15) is 5.75 Å². The normalized spacial score (nSPS) is 10.8. The highest BCUT2D eigenvalue weighted by Gasteiger charge is 2.15. The first-order valence-corrected chi connectivity index (χ1v) is 8.88. The Labute approximate surface area is 162 Å². The molecule has 0 radical (unpaired) electrons. The third-order valence-electron chi connectivity index (χ3n) is 4.49. The van der Waals surface area contributed by atoms with Crippen LogP contribution in [0.3, 0.4) is 0 Å². The smallest absolute Gasteiger partial charge is 0.255 e. The van der Waals surface area contributed by atoms with Crippen molar-refractivity contribution in [1.82, 2.24) is 15.5 Å². The zero-order valence-corrected chi connectivity index (χ0v) is 15.6. The average Bonchev–Trinajstić information content (AvgIpc) is 3.20. The second kappa shape index (κ2) is 7.52. The van der Waals surface area contributed by atoms with Gasteiger partial charge in [-0.1, -0.05) is 59.3 Å². The number of carbonyl (C=O) groups excluding carboxylic acids is 1. The highest BCUT2D eigenvalue weighted by Crippen LogP contribution is 2.26. The molecule has 0 atom stereocenters. The zero-order chi connectivity index (χ0) is 19.5. The Hall–Kier alpha value is -3.67. The summed E-state index contributed by atoms with van der Waals surface area (Å²) in [6.45, 7) is 2.15. The molecular formula is C22H19N3O3. The van der Waals surface area contributed by atoms with Gasteiger partial charge in [0.25, 0.3) is 5.91 Å². The fourth-order valence-corrected chi connectivity index (χ4v) is 2.96. The molecule has 1 N–H and O–H groups in total. The number of nitrogens with one attached hydrogen (secondary N) is 1. The number of methoxy groups -OCH3 is 1. The Bertz CT molecular complexity index is 1130. The van der Waals surface area contributed by atoms with Crippen LogP contribution in [0.5, 0.6) is 5.75 Å². The van der Waals surface area contributed by atoms with Crippen molar-refractivity contribution in [2.24, 2.45) is 0 Å². The zero-order valence-electron chi connectivity index (χ0n) is 15.6. The molecule has 1 aromatic heterocycles. The molecule has 3 aromatic carbocycles. The molecule has 0 saturated carbocycles. The fourth-order valence-electron chi connectivity index (χ4n) is 2.96. The molecular weight excluding hydrogens is 354 g/mol. The van der Waals surface area contributed by atoms with Gasteiger partial charge >= 0.3 is 0 Å². The van der Waals surface area contributed by atoms with Crippen molar-refractivity contribution in [2.45, 2.75) is 13.5 Å². The van der Waals surface area contributed by atoms with Gasteiger partial charge in [-0.2, -0.15) is 4.98 Å². The number of aromatic nitrogens is 2. The number of fused-ring (bicyclic) bond motifs is 1. The number of amides is 1. The number of aryl methyl sites for hydroxylation is 1. The second-order valence-corrected chi connectivity index (χ2v) is 6.46. The van der Waals surface area contributed by atoms with E-state index < -0.39 is 0 Å². The van der Waals surface area contributed by atoms with E-state index in [1.807, 2.05) is 67.6 Å². The predicted molar refractivity (Wildman–Crippen MR) is 106 cm³/mol. The minimum atomic E-state index is -0.266. The first kappa shape index (κ1) is 17.7. The third-order valence-corrected chi connectivity index (χ3v) is 4.49. The van der Waals surface area contributed by atoms with Crippen LogP contribution in [0, 0.1) is 6.92 Å². The summed E-state index contributed by atoms with van der Waals surface area (Å²) in [5, 5.41) is 8.77.